The monoisotopic (exact) mass is 304 g/mol. The van der Waals surface area contributed by atoms with E-state index in [1.165, 1.54) is 25.7 Å². The number of halogens is 1. The highest BCUT2D eigenvalue weighted by molar-refractivity contribution is 5.90. The van der Waals surface area contributed by atoms with Crippen LogP contribution in [0.2, 0.25) is 0 Å². The van der Waals surface area contributed by atoms with E-state index in [4.69, 9.17) is 0 Å². The molecule has 0 amide bonds. The van der Waals surface area contributed by atoms with E-state index in [9.17, 15) is 4.79 Å². The third-order valence-electron chi connectivity index (χ3n) is 8.41. The van der Waals surface area contributed by atoms with Gasteiger partial charge in [0.15, 0.2) is 11.5 Å². The summed E-state index contributed by atoms with van der Waals surface area (Å²) < 4.78 is 15.1. The van der Waals surface area contributed by atoms with Crippen molar-refractivity contribution < 1.29 is 9.18 Å². The van der Waals surface area contributed by atoms with Gasteiger partial charge in [-0.3, -0.25) is 4.79 Å². The molecule has 122 valence electrons. The highest BCUT2D eigenvalue weighted by Crippen LogP contribution is 2.66. The third-order valence-corrected chi connectivity index (χ3v) is 8.41. The van der Waals surface area contributed by atoms with E-state index >= 15 is 4.39 Å². The second-order valence-electron chi connectivity index (χ2n) is 9.05. The van der Waals surface area contributed by atoms with Crippen LogP contribution in [0.15, 0.2) is 11.6 Å². The first kappa shape index (κ1) is 14.9. The number of hydrogen-bond donors (Lipinski definition) is 0. The van der Waals surface area contributed by atoms with E-state index in [2.05, 4.69) is 19.9 Å². The largest absolute Gasteiger partial charge is 0.296 e. The van der Waals surface area contributed by atoms with Gasteiger partial charge in [-0.25, -0.2) is 4.39 Å². The van der Waals surface area contributed by atoms with Gasteiger partial charge < -0.3 is 0 Å². The molecule has 3 fully saturated rings. The normalized spacial score (nSPS) is 54.3. The fraction of sp³-hybridized carbons (Fsp3) is 0.850. The molecule has 1 nitrogen and oxygen atoms in total. The van der Waals surface area contributed by atoms with Gasteiger partial charge in [-0.15, -0.1) is 0 Å². The Labute approximate surface area is 133 Å². The molecule has 0 bridgehead atoms. The Balaban J connectivity index is 1.73. The van der Waals surface area contributed by atoms with Crippen molar-refractivity contribution in [3.63, 3.8) is 0 Å². The molecule has 0 heterocycles. The second-order valence-corrected chi connectivity index (χ2v) is 9.05. The predicted molar refractivity (Wildman–Crippen MR) is 86.2 cm³/mol. The van der Waals surface area contributed by atoms with Gasteiger partial charge in [-0.1, -0.05) is 31.9 Å². The highest BCUT2D eigenvalue weighted by atomic mass is 19.1. The number of hydrogen-bond acceptors (Lipinski definition) is 1. The highest BCUT2D eigenvalue weighted by Gasteiger charge is 2.66. The van der Waals surface area contributed by atoms with E-state index in [0.29, 0.717) is 23.7 Å². The van der Waals surface area contributed by atoms with Crippen molar-refractivity contribution in [2.75, 3.05) is 0 Å². The lowest BCUT2D eigenvalue weighted by Crippen LogP contribution is -2.52. The van der Waals surface area contributed by atoms with Gasteiger partial charge in [0, 0.05) is 11.8 Å². The van der Waals surface area contributed by atoms with Gasteiger partial charge in [0.05, 0.1) is 0 Å². The van der Waals surface area contributed by atoms with Crippen molar-refractivity contribution in [1.82, 2.24) is 0 Å². The number of carbonyl (C=O) groups is 1. The second kappa shape index (κ2) is 4.45. The molecule has 2 heteroatoms. The first-order chi connectivity index (χ1) is 10.3. The molecule has 22 heavy (non-hydrogen) atoms. The van der Waals surface area contributed by atoms with Crippen LogP contribution in [0.3, 0.4) is 0 Å². The predicted octanol–water partition coefficient (Wildman–Crippen LogP) is 5.25. The summed E-state index contributed by atoms with van der Waals surface area (Å²) >= 11 is 0. The Hall–Kier alpha value is -0.660. The molecule has 1 unspecified atom stereocenters. The molecule has 0 aromatic heterocycles. The Morgan fingerprint density at radius 2 is 1.91 bits per heavy atom. The van der Waals surface area contributed by atoms with Crippen LogP contribution in [-0.2, 0) is 4.79 Å². The first-order valence-corrected chi connectivity index (χ1v) is 9.22. The number of Topliss-reactive ketones (excluding diaryl/α,β-unsaturated/α-hetero) is 1. The Kier molecular flexibility index (Phi) is 3.02. The molecule has 0 N–H and O–H groups in total. The van der Waals surface area contributed by atoms with Crippen LogP contribution >= 0.6 is 0 Å². The Morgan fingerprint density at radius 1 is 1.14 bits per heavy atom. The zero-order chi connectivity index (χ0) is 15.8. The van der Waals surface area contributed by atoms with Crippen LogP contribution in [0, 0.1) is 28.6 Å². The van der Waals surface area contributed by atoms with Gasteiger partial charge in [0.2, 0.25) is 0 Å². The summed E-state index contributed by atoms with van der Waals surface area (Å²) in [5, 5.41) is 0. The fourth-order valence-electron chi connectivity index (χ4n) is 6.69. The average Bonchev–Trinajstić information content (AvgIpc) is 2.66. The van der Waals surface area contributed by atoms with Crippen molar-refractivity contribution in [3.05, 3.63) is 11.6 Å². The van der Waals surface area contributed by atoms with Crippen molar-refractivity contribution in [1.29, 1.82) is 0 Å². The molecule has 0 spiro atoms. The number of ketones is 1. The van der Waals surface area contributed by atoms with Gasteiger partial charge in [-0.2, -0.15) is 0 Å². The van der Waals surface area contributed by atoms with Crippen LogP contribution in [0.4, 0.5) is 4.39 Å². The molecular weight excluding hydrogens is 275 g/mol. The molecule has 4 aliphatic rings. The summed E-state index contributed by atoms with van der Waals surface area (Å²) in [7, 11) is 0. The summed E-state index contributed by atoms with van der Waals surface area (Å²) in [5.41, 5.74) is -0.0290. The van der Waals surface area contributed by atoms with E-state index in [1.54, 1.807) is 12.5 Å². The van der Waals surface area contributed by atoms with Gasteiger partial charge >= 0.3 is 0 Å². The molecule has 3 saturated carbocycles. The van der Waals surface area contributed by atoms with Gasteiger partial charge in [0.25, 0.3) is 0 Å². The quantitative estimate of drug-likeness (QED) is 0.559. The van der Waals surface area contributed by atoms with Crippen LogP contribution in [0.5, 0.6) is 0 Å². The van der Waals surface area contributed by atoms with E-state index in [-0.39, 0.29) is 11.7 Å². The summed E-state index contributed by atoms with van der Waals surface area (Å²) in [6.07, 6.45) is 11.3. The maximum atomic E-state index is 15.1. The standard InChI is InChI=1S/C20H29FO/c1-18-10-5-4-6-13(18)7-8-14-15(18)9-11-19(2)16(14)12-17(22)20(19,3)21/h7,14-16H,4-6,8-12H2,1-3H3/t14-,15-,16+,18+,19+,20?/m1/s1. The molecule has 0 aromatic carbocycles. The number of carbonyl (C=O) groups excluding carboxylic acids is 1. The fourth-order valence-corrected chi connectivity index (χ4v) is 6.69. The molecule has 0 saturated heterocycles. The van der Waals surface area contributed by atoms with Crippen molar-refractivity contribution in [2.45, 2.75) is 77.8 Å². The summed E-state index contributed by atoms with van der Waals surface area (Å²) in [6.45, 7) is 6.08. The number of rotatable bonds is 0. The molecule has 4 rings (SSSR count). The number of allylic oxidation sites excluding steroid dienone is 2. The Bertz CT molecular complexity index is 548. The molecular formula is C20H29FO. The molecule has 4 aliphatic carbocycles. The van der Waals surface area contributed by atoms with Gasteiger partial charge in [-0.05, 0) is 68.6 Å². The summed E-state index contributed by atoms with van der Waals surface area (Å²) in [4.78, 5) is 12.3. The number of alkyl halides is 1. The zero-order valence-electron chi connectivity index (χ0n) is 14.3. The van der Waals surface area contributed by atoms with Gasteiger partial charge in [0.1, 0.15) is 0 Å². The average molecular weight is 304 g/mol. The zero-order valence-corrected chi connectivity index (χ0v) is 14.3. The van der Waals surface area contributed by atoms with Crippen LogP contribution in [0.1, 0.15) is 72.1 Å². The van der Waals surface area contributed by atoms with Crippen LogP contribution < -0.4 is 0 Å². The van der Waals surface area contributed by atoms with Crippen LogP contribution in [-0.4, -0.2) is 11.5 Å². The molecule has 0 aliphatic heterocycles. The molecule has 6 atom stereocenters. The number of fused-ring (bicyclic) bond motifs is 5. The van der Waals surface area contributed by atoms with Crippen molar-refractivity contribution >= 4 is 5.78 Å². The van der Waals surface area contributed by atoms with Crippen molar-refractivity contribution in [3.8, 4) is 0 Å². The topological polar surface area (TPSA) is 17.1 Å². The summed E-state index contributed by atoms with van der Waals surface area (Å²) in [5.74, 6) is 1.31. The SMILES string of the molecule is CC1(F)C(=O)C[C@H]2[C@@H]3CC=C4CCCC[C@]4(C)[C@@H]3CC[C@@]21C. The lowest BCUT2D eigenvalue weighted by molar-refractivity contribution is -0.133. The van der Waals surface area contributed by atoms with Crippen LogP contribution in [0.25, 0.3) is 0 Å². The minimum absolute atomic E-state index is 0.135. The molecule has 0 aromatic rings. The minimum Gasteiger partial charge on any atom is -0.296 e. The first-order valence-electron chi connectivity index (χ1n) is 9.22. The molecule has 0 radical (unpaired) electrons. The minimum atomic E-state index is -1.61. The maximum absolute atomic E-state index is 15.1. The lowest BCUT2D eigenvalue weighted by atomic mass is 9.47. The Morgan fingerprint density at radius 3 is 2.68 bits per heavy atom. The van der Waals surface area contributed by atoms with E-state index in [0.717, 1.165) is 19.3 Å². The van der Waals surface area contributed by atoms with E-state index in [1.807, 2.05) is 0 Å². The lowest BCUT2D eigenvalue weighted by Gasteiger charge is -2.57. The summed E-state index contributed by atoms with van der Waals surface area (Å²) in [6, 6.07) is 0. The maximum Gasteiger partial charge on any atom is 0.171 e. The third kappa shape index (κ3) is 1.62. The van der Waals surface area contributed by atoms with Crippen molar-refractivity contribution in [2.24, 2.45) is 28.6 Å². The smallest absolute Gasteiger partial charge is 0.171 e. The van der Waals surface area contributed by atoms with E-state index < -0.39 is 11.1 Å².